The van der Waals surface area contributed by atoms with Gasteiger partial charge in [-0.1, -0.05) is 66.7 Å². The summed E-state index contributed by atoms with van der Waals surface area (Å²) in [6.45, 7) is 0.641. The summed E-state index contributed by atoms with van der Waals surface area (Å²) >= 11 is 0. The second kappa shape index (κ2) is 13.1. The zero-order chi connectivity index (χ0) is 29.3. The molecule has 210 valence electrons. The third-order valence-electron chi connectivity index (χ3n) is 6.45. The normalized spacial score (nSPS) is 10.6. The van der Waals surface area contributed by atoms with Gasteiger partial charge in [0.15, 0.2) is 11.5 Å². The summed E-state index contributed by atoms with van der Waals surface area (Å²) in [6, 6.07) is 26.2. The number of pyridine rings is 1. The van der Waals surface area contributed by atoms with Crippen LogP contribution in [0.3, 0.4) is 0 Å². The van der Waals surface area contributed by atoms with Gasteiger partial charge in [0.25, 0.3) is 5.91 Å². The molecule has 10 nitrogen and oxygen atoms in total. The predicted octanol–water partition coefficient (Wildman–Crippen LogP) is 5.09. The molecule has 6 N–H and O–H groups in total. The number of nitrogens with zero attached hydrogens (tertiary/aromatic N) is 3. The van der Waals surface area contributed by atoms with E-state index in [1.54, 1.807) is 30.6 Å². The van der Waals surface area contributed by atoms with Crippen LogP contribution in [0.25, 0.3) is 22.4 Å². The molecule has 5 aromatic rings. The minimum absolute atomic E-state index is 0.00176. The van der Waals surface area contributed by atoms with Gasteiger partial charge in [-0.25, -0.2) is 14.8 Å². The molecule has 5 rings (SSSR count). The lowest BCUT2D eigenvalue weighted by molar-refractivity contribution is 0.102. The number of ether oxygens (including phenoxy) is 1. The Morgan fingerprint density at radius 1 is 0.810 bits per heavy atom. The summed E-state index contributed by atoms with van der Waals surface area (Å²) in [5.74, 6) is -0.496. The van der Waals surface area contributed by atoms with Crippen LogP contribution in [-0.4, -0.2) is 33.5 Å². The Labute approximate surface area is 242 Å². The lowest BCUT2D eigenvalue weighted by Crippen LogP contribution is -2.26. The number of carbonyl (C=O) groups is 2. The number of nitrogens with two attached hydrogens (primary N) is 2. The standard InChI is InChI=1S/C32H29N7O3/c33-25-12-10-23(11-13-25)26-15-16-35-18-28(26)39-31(40)29-30(34)37-19-27(38-29)24-8-6-21(7-9-24)14-17-36-32(41)42-20-22-4-2-1-3-5-22/h1-13,15-16,18-19H,14,17,20,33H2,(H2,34,37)(H,36,41)(H,39,40). The number of carbonyl (C=O) groups excluding carboxylic acids is 2. The fourth-order valence-corrected chi connectivity index (χ4v) is 4.22. The summed E-state index contributed by atoms with van der Waals surface area (Å²) in [5, 5.41) is 5.62. The van der Waals surface area contributed by atoms with Crippen LogP contribution in [0, 0.1) is 0 Å². The number of alkyl carbamates (subject to hydrolysis) is 1. The Morgan fingerprint density at radius 2 is 1.55 bits per heavy atom. The SMILES string of the molecule is Nc1ccc(-c2ccncc2NC(=O)c2nc(-c3ccc(CCNC(=O)OCc4ccccc4)cc3)cnc2N)cc1. The highest BCUT2D eigenvalue weighted by atomic mass is 16.5. The molecule has 0 saturated carbocycles. The maximum atomic E-state index is 13.2. The van der Waals surface area contributed by atoms with Crippen molar-refractivity contribution in [2.75, 3.05) is 23.3 Å². The molecule has 0 fully saturated rings. The van der Waals surface area contributed by atoms with E-state index in [-0.39, 0.29) is 18.1 Å². The molecule has 0 unspecified atom stereocenters. The molecular weight excluding hydrogens is 530 g/mol. The topological polar surface area (TPSA) is 158 Å². The Kier molecular flexibility index (Phi) is 8.64. The number of hydrogen-bond acceptors (Lipinski definition) is 8. The smallest absolute Gasteiger partial charge is 0.407 e. The van der Waals surface area contributed by atoms with Crippen LogP contribution in [0.5, 0.6) is 0 Å². The van der Waals surface area contributed by atoms with Crippen molar-refractivity contribution in [3.05, 3.63) is 120 Å². The fraction of sp³-hybridized carbons (Fsp3) is 0.0938. The van der Waals surface area contributed by atoms with Gasteiger partial charge < -0.3 is 26.8 Å². The number of rotatable bonds is 9. The van der Waals surface area contributed by atoms with Crippen molar-refractivity contribution in [1.82, 2.24) is 20.3 Å². The molecule has 42 heavy (non-hydrogen) atoms. The van der Waals surface area contributed by atoms with Crippen LogP contribution in [0.4, 0.5) is 22.0 Å². The fourth-order valence-electron chi connectivity index (χ4n) is 4.22. The van der Waals surface area contributed by atoms with Gasteiger partial charge in [-0.3, -0.25) is 9.78 Å². The molecule has 0 atom stereocenters. The van der Waals surface area contributed by atoms with E-state index in [0.717, 1.165) is 27.8 Å². The average molecular weight is 560 g/mol. The first-order valence-corrected chi connectivity index (χ1v) is 13.2. The molecular formula is C32H29N7O3. The quantitative estimate of drug-likeness (QED) is 0.182. The number of nitrogen functional groups attached to an aromatic ring is 2. The third kappa shape index (κ3) is 7.05. The van der Waals surface area contributed by atoms with Crippen molar-refractivity contribution in [3.8, 4) is 22.4 Å². The van der Waals surface area contributed by atoms with Gasteiger partial charge in [0.1, 0.15) is 6.61 Å². The second-order valence-electron chi connectivity index (χ2n) is 9.42. The molecule has 10 heteroatoms. The van der Waals surface area contributed by atoms with Crippen molar-refractivity contribution < 1.29 is 14.3 Å². The first-order chi connectivity index (χ1) is 20.5. The molecule has 2 heterocycles. The molecule has 2 amide bonds. The molecule has 2 aromatic heterocycles. The summed E-state index contributed by atoms with van der Waals surface area (Å²) < 4.78 is 5.24. The minimum atomic E-state index is -0.506. The maximum absolute atomic E-state index is 13.2. The lowest BCUT2D eigenvalue weighted by Gasteiger charge is -2.12. The molecule has 0 aliphatic heterocycles. The highest BCUT2D eigenvalue weighted by Gasteiger charge is 2.17. The van der Waals surface area contributed by atoms with E-state index in [0.29, 0.717) is 30.0 Å². The summed E-state index contributed by atoms with van der Waals surface area (Å²) in [6.07, 6.45) is 4.88. The van der Waals surface area contributed by atoms with Crippen LogP contribution < -0.4 is 22.1 Å². The molecule has 3 aromatic carbocycles. The van der Waals surface area contributed by atoms with Gasteiger partial charge in [0.2, 0.25) is 0 Å². The molecule has 0 aliphatic carbocycles. The lowest BCUT2D eigenvalue weighted by atomic mass is 10.0. The Hall–Kier alpha value is -5.77. The van der Waals surface area contributed by atoms with E-state index < -0.39 is 12.0 Å². The molecule has 0 aliphatic rings. The Balaban J connectivity index is 1.21. The van der Waals surface area contributed by atoms with Crippen LogP contribution in [0.1, 0.15) is 21.6 Å². The largest absolute Gasteiger partial charge is 0.445 e. The number of nitrogens with one attached hydrogen (secondary N) is 2. The van der Waals surface area contributed by atoms with Gasteiger partial charge in [-0.15, -0.1) is 0 Å². The molecule has 0 spiro atoms. The van der Waals surface area contributed by atoms with E-state index in [2.05, 4.69) is 25.6 Å². The summed E-state index contributed by atoms with van der Waals surface area (Å²) in [4.78, 5) is 38.1. The van der Waals surface area contributed by atoms with Crippen molar-refractivity contribution in [1.29, 1.82) is 0 Å². The number of amides is 2. The van der Waals surface area contributed by atoms with E-state index in [1.165, 1.54) is 6.20 Å². The first kappa shape index (κ1) is 27.8. The van der Waals surface area contributed by atoms with Gasteiger partial charge in [-0.05, 0) is 41.3 Å². The average Bonchev–Trinajstić information content (AvgIpc) is 3.02. The summed E-state index contributed by atoms with van der Waals surface area (Å²) in [7, 11) is 0. The summed E-state index contributed by atoms with van der Waals surface area (Å²) in [5.41, 5.74) is 17.8. The third-order valence-corrected chi connectivity index (χ3v) is 6.45. The monoisotopic (exact) mass is 559 g/mol. The van der Waals surface area contributed by atoms with Gasteiger partial charge in [0.05, 0.1) is 23.8 Å². The molecule has 0 saturated heterocycles. The van der Waals surface area contributed by atoms with Crippen LogP contribution in [0.2, 0.25) is 0 Å². The first-order valence-electron chi connectivity index (χ1n) is 13.2. The van der Waals surface area contributed by atoms with Crippen molar-refractivity contribution in [3.63, 3.8) is 0 Å². The van der Waals surface area contributed by atoms with E-state index in [4.69, 9.17) is 16.2 Å². The number of anilines is 3. The second-order valence-corrected chi connectivity index (χ2v) is 9.42. The van der Waals surface area contributed by atoms with Gasteiger partial charge in [0, 0.05) is 29.6 Å². The maximum Gasteiger partial charge on any atom is 0.407 e. The molecule has 0 bridgehead atoms. The van der Waals surface area contributed by atoms with Crippen molar-refractivity contribution in [2.45, 2.75) is 13.0 Å². The number of hydrogen-bond donors (Lipinski definition) is 4. The van der Waals surface area contributed by atoms with Crippen molar-refractivity contribution >= 4 is 29.2 Å². The highest BCUT2D eigenvalue weighted by molar-refractivity contribution is 6.07. The Bertz CT molecular complexity index is 1680. The van der Waals surface area contributed by atoms with Crippen molar-refractivity contribution in [2.24, 2.45) is 0 Å². The Morgan fingerprint density at radius 3 is 2.31 bits per heavy atom. The van der Waals surface area contributed by atoms with Gasteiger partial charge >= 0.3 is 6.09 Å². The number of benzene rings is 3. The van der Waals surface area contributed by atoms with E-state index >= 15 is 0 Å². The molecule has 0 radical (unpaired) electrons. The van der Waals surface area contributed by atoms with E-state index in [9.17, 15) is 9.59 Å². The number of aromatic nitrogens is 3. The van der Waals surface area contributed by atoms with Crippen LogP contribution >= 0.6 is 0 Å². The van der Waals surface area contributed by atoms with Gasteiger partial charge in [-0.2, -0.15) is 0 Å². The highest BCUT2D eigenvalue weighted by Crippen LogP contribution is 2.28. The predicted molar refractivity (Wildman–Crippen MR) is 162 cm³/mol. The van der Waals surface area contributed by atoms with E-state index in [1.807, 2.05) is 66.7 Å². The zero-order valence-corrected chi connectivity index (χ0v) is 22.7. The minimum Gasteiger partial charge on any atom is -0.445 e. The zero-order valence-electron chi connectivity index (χ0n) is 22.7. The van der Waals surface area contributed by atoms with Crippen LogP contribution in [0.15, 0.2) is 104 Å². The van der Waals surface area contributed by atoms with Crippen LogP contribution in [-0.2, 0) is 17.8 Å².